The first kappa shape index (κ1) is 21.4. The van der Waals surface area contributed by atoms with Crippen molar-refractivity contribution in [2.75, 3.05) is 5.32 Å². The van der Waals surface area contributed by atoms with E-state index in [2.05, 4.69) is 20.6 Å². The lowest BCUT2D eigenvalue weighted by atomic mass is 10.1. The second-order valence-electron chi connectivity index (χ2n) is 7.04. The number of anilines is 1. The summed E-state index contributed by atoms with van der Waals surface area (Å²) in [6, 6.07) is 21.5. The van der Waals surface area contributed by atoms with Crippen molar-refractivity contribution < 1.29 is 9.72 Å². The highest BCUT2D eigenvalue weighted by atomic mass is 16.6. The van der Waals surface area contributed by atoms with Crippen LogP contribution in [-0.4, -0.2) is 20.6 Å². The van der Waals surface area contributed by atoms with Gasteiger partial charge in [0.1, 0.15) is 0 Å². The van der Waals surface area contributed by atoms with Crippen LogP contribution in [0.3, 0.4) is 0 Å². The molecular formula is C23H18N6O4. The highest BCUT2D eigenvalue weighted by molar-refractivity contribution is 5.88. The summed E-state index contributed by atoms with van der Waals surface area (Å²) in [6.07, 6.45) is 0. The first-order valence-electron chi connectivity index (χ1n) is 9.87. The summed E-state index contributed by atoms with van der Waals surface area (Å²) in [5.74, 6) is -0.184. The van der Waals surface area contributed by atoms with Gasteiger partial charge in [-0.15, -0.1) is 5.11 Å². The average molecular weight is 442 g/mol. The monoisotopic (exact) mass is 442 g/mol. The number of H-pyrrole nitrogens is 1. The number of aromatic nitrogens is 2. The molecule has 1 amide bonds. The average Bonchev–Trinajstić information content (AvgIpc) is 3.15. The van der Waals surface area contributed by atoms with Gasteiger partial charge in [-0.3, -0.25) is 24.8 Å². The summed E-state index contributed by atoms with van der Waals surface area (Å²) in [5.41, 5.74) is 2.27. The zero-order valence-electron chi connectivity index (χ0n) is 17.4. The van der Waals surface area contributed by atoms with Crippen LogP contribution in [0.2, 0.25) is 0 Å². The maximum Gasteiger partial charge on any atom is 0.299 e. The van der Waals surface area contributed by atoms with Crippen LogP contribution < -0.4 is 10.9 Å². The van der Waals surface area contributed by atoms with Crippen molar-refractivity contribution >= 4 is 28.7 Å². The van der Waals surface area contributed by atoms with Gasteiger partial charge in [-0.25, -0.2) is 4.68 Å². The third-order valence-corrected chi connectivity index (χ3v) is 4.70. The summed E-state index contributed by atoms with van der Waals surface area (Å²) < 4.78 is 1.26. The lowest BCUT2D eigenvalue weighted by Crippen LogP contribution is -2.13. The molecule has 10 heteroatoms. The number of azo groups is 1. The molecule has 4 rings (SSSR count). The molecule has 0 aliphatic carbocycles. The Hall–Kier alpha value is -4.86. The molecule has 0 aliphatic rings. The van der Waals surface area contributed by atoms with Crippen LogP contribution in [-0.2, 0) is 4.79 Å². The van der Waals surface area contributed by atoms with Crippen molar-refractivity contribution in [3.8, 4) is 16.9 Å². The van der Waals surface area contributed by atoms with Gasteiger partial charge in [-0.05, 0) is 36.4 Å². The number of hydrogen-bond acceptors (Lipinski definition) is 6. The fourth-order valence-corrected chi connectivity index (χ4v) is 3.15. The Morgan fingerprint density at radius 1 is 0.970 bits per heavy atom. The molecule has 0 bridgehead atoms. The van der Waals surface area contributed by atoms with Gasteiger partial charge in [0.2, 0.25) is 5.91 Å². The standard InChI is InChI=1S/C23H18N6O4/c1-15(30)24-17-7-9-18(10-8-17)25-26-22-21(16-5-3-2-4-6-16)27-28(23(22)31)19-11-13-20(14-12-19)29(32)33/h2-14,27H,1H3,(H,24,30). The number of nitro benzene ring substituents is 1. The predicted octanol–water partition coefficient (Wildman–Crippen LogP) is 5.11. The van der Waals surface area contributed by atoms with Gasteiger partial charge < -0.3 is 5.32 Å². The molecule has 2 N–H and O–H groups in total. The van der Waals surface area contributed by atoms with Crippen LogP contribution in [0, 0.1) is 10.1 Å². The Labute approximate surface area is 187 Å². The van der Waals surface area contributed by atoms with Gasteiger partial charge in [0.25, 0.3) is 11.2 Å². The Kier molecular flexibility index (Phi) is 5.90. The molecule has 0 saturated carbocycles. The van der Waals surface area contributed by atoms with E-state index in [0.717, 1.165) is 5.56 Å². The number of non-ortho nitro benzene ring substituents is 1. The Balaban J connectivity index is 1.74. The summed E-state index contributed by atoms with van der Waals surface area (Å²) in [7, 11) is 0. The minimum absolute atomic E-state index is 0.0794. The van der Waals surface area contributed by atoms with Crippen molar-refractivity contribution in [1.82, 2.24) is 9.78 Å². The lowest BCUT2D eigenvalue weighted by molar-refractivity contribution is -0.384. The third-order valence-electron chi connectivity index (χ3n) is 4.70. The van der Waals surface area contributed by atoms with Crippen LogP contribution in [0.25, 0.3) is 16.9 Å². The summed E-state index contributed by atoms with van der Waals surface area (Å²) in [5, 5.41) is 25.0. The smallest absolute Gasteiger partial charge is 0.299 e. The number of rotatable bonds is 6. The van der Waals surface area contributed by atoms with Crippen molar-refractivity contribution in [3.05, 3.63) is 99.3 Å². The molecule has 4 aromatic rings. The number of benzene rings is 3. The number of amides is 1. The van der Waals surface area contributed by atoms with Crippen LogP contribution >= 0.6 is 0 Å². The summed E-state index contributed by atoms with van der Waals surface area (Å²) in [4.78, 5) is 34.8. The van der Waals surface area contributed by atoms with E-state index >= 15 is 0 Å². The van der Waals surface area contributed by atoms with Gasteiger partial charge in [-0.1, -0.05) is 30.3 Å². The Morgan fingerprint density at radius 3 is 2.24 bits per heavy atom. The van der Waals surface area contributed by atoms with E-state index in [0.29, 0.717) is 22.8 Å². The lowest BCUT2D eigenvalue weighted by Gasteiger charge is -2.02. The zero-order valence-corrected chi connectivity index (χ0v) is 17.4. The number of nitrogens with zero attached hydrogens (tertiary/aromatic N) is 4. The number of nitro groups is 1. The van der Waals surface area contributed by atoms with Crippen LogP contribution in [0.1, 0.15) is 6.92 Å². The summed E-state index contributed by atoms with van der Waals surface area (Å²) >= 11 is 0. The normalized spacial score (nSPS) is 10.9. The highest BCUT2D eigenvalue weighted by Gasteiger charge is 2.17. The van der Waals surface area contributed by atoms with E-state index < -0.39 is 10.5 Å². The second-order valence-corrected chi connectivity index (χ2v) is 7.04. The van der Waals surface area contributed by atoms with E-state index in [1.807, 2.05) is 30.3 Å². The van der Waals surface area contributed by atoms with Crippen LogP contribution in [0.5, 0.6) is 0 Å². The van der Waals surface area contributed by atoms with E-state index in [1.165, 1.54) is 35.9 Å². The van der Waals surface area contributed by atoms with Crippen molar-refractivity contribution in [3.63, 3.8) is 0 Å². The maximum absolute atomic E-state index is 13.2. The highest BCUT2D eigenvalue weighted by Crippen LogP contribution is 2.28. The minimum atomic E-state index is -0.506. The van der Waals surface area contributed by atoms with E-state index in [1.54, 1.807) is 24.3 Å². The molecule has 1 heterocycles. The van der Waals surface area contributed by atoms with Crippen LogP contribution in [0.4, 0.5) is 22.7 Å². The zero-order chi connectivity index (χ0) is 23.4. The topological polar surface area (TPSA) is 135 Å². The number of carbonyl (C=O) groups is 1. The van der Waals surface area contributed by atoms with Gasteiger partial charge >= 0.3 is 0 Å². The number of nitrogens with one attached hydrogen (secondary N) is 2. The van der Waals surface area contributed by atoms with Gasteiger partial charge in [0.15, 0.2) is 5.69 Å². The molecule has 33 heavy (non-hydrogen) atoms. The fraction of sp³-hybridized carbons (Fsp3) is 0.0435. The van der Waals surface area contributed by atoms with Gasteiger partial charge in [0, 0.05) is 30.3 Å². The molecule has 10 nitrogen and oxygen atoms in total. The molecular weight excluding hydrogens is 424 g/mol. The Bertz CT molecular complexity index is 1390. The fourth-order valence-electron chi connectivity index (χ4n) is 3.15. The number of hydrogen-bond donors (Lipinski definition) is 2. The minimum Gasteiger partial charge on any atom is -0.326 e. The van der Waals surface area contributed by atoms with E-state index in [4.69, 9.17) is 0 Å². The SMILES string of the molecule is CC(=O)Nc1ccc(N=Nc2c(-c3ccccc3)[nH]n(-c3ccc([N+](=O)[O-])cc3)c2=O)cc1. The molecule has 164 valence electrons. The van der Waals surface area contributed by atoms with Gasteiger partial charge in [-0.2, -0.15) is 5.11 Å². The largest absolute Gasteiger partial charge is 0.326 e. The Morgan fingerprint density at radius 2 is 1.64 bits per heavy atom. The van der Waals surface area contributed by atoms with Crippen molar-refractivity contribution in [1.29, 1.82) is 0 Å². The predicted molar refractivity (Wildman–Crippen MR) is 123 cm³/mol. The number of aromatic amines is 1. The molecule has 3 aromatic carbocycles. The second kappa shape index (κ2) is 9.10. The quantitative estimate of drug-likeness (QED) is 0.243. The van der Waals surface area contributed by atoms with Crippen molar-refractivity contribution in [2.45, 2.75) is 6.92 Å². The molecule has 0 unspecified atom stereocenters. The van der Waals surface area contributed by atoms with Gasteiger partial charge in [0.05, 0.1) is 22.0 Å². The molecule has 0 atom stereocenters. The molecule has 1 aromatic heterocycles. The van der Waals surface area contributed by atoms with Crippen LogP contribution in [0.15, 0.2) is 93.9 Å². The third kappa shape index (κ3) is 4.74. The molecule has 0 radical (unpaired) electrons. The molecule has 0 saturated heterocycles. The van der Waals surface area contributed by atoms with E-state index in [9.17, 15) is 19.7 Å². The first-order valence-corrected chi connectivity index (χ1v) is 9.87. The van der Waals surface area contributed by atoms with Crippen molar-refractivity contribution in [2.24, 2.45) is 10.2 Å². The summed E-state index contributed by atoms with van der Waals surface area (Å²) in [6.45, 7) is 1.42. The first-order chi connectivity index (χ1) is 15.9. The molecule has 0 aliphatic heterocycles. The van der Waals surface area contributed by atoms with E-state index in [-0.39, 0.29) is 17.3 Å². The molecule has 0 fully saturated rings. The number of carbonyl (C=O) groups excluding carboxylic acids is 1. The maximum atomic E-state index is 13.2. The molecule has 0 spiro atoms.